The first kappa shape index (κ1) is 14.0. The van der Waals surface area contributed by atoms with Crippen LogP contribution in [0.5, 0.6) is 0 Å². The molecule has 0 bridgehead atoms. The zero-order valence-electron chi connectivity index (χ0n) is 11.4. The first-order valence-electron chi connectivity index (χ1n) is 6.27. The molecule has 0 unspecified atom stereocenters. The fourth-order valence-electron chi connectivity index (χ4n) is 1.66. The number of hydrogen-bond donors (Lipinski definition) is 2. The average molecular weight is 272 g/mol. The normalized spacial score (nSPS) is 11.3. The third kappa shape index (κ3) is 2.93. The Balaban J connectivity index is 2.14. The quantitative estimate of drug-likeness (QED) is 0.893. The Bertz CT molecular complexity index is 665. The van der Waals surface area contributed by atoms with Gasteiger partial charge < -0.3 is 10.4 Å². The molecule has 0 saturated carbocycles. The van der Waals surface area contributed by atoms with Gasteiger partial charge in [0, 0.05) is 11.9 Å². The largest absolute Gasteiger partial charge is 0.481 e. The number of carboxylic acid groups (broad SMARTS) is 1. The monoisotopic (exact) mass is 272 g/mol. The highest BCUT2D eigenvalue weighted by Crippen LogP contribution is 2.14. The summed E-state index contributed by atoms with van der Waals surface area (Å²) in [6.45, 7) is 3.17. The molecule has 1 aromatic carbocycles. The summed E-state index contributed by atoms with van der Waals surface area (Å²) < 4.78 is 0. The van der Waals surface area contributed by atoms with Gasteiger partial charge in [-0.2, -0.15) is 0 Å². The van der Waals surface area contributed by atoms with Crippen molar-refractivity contribution in [2.24, 2.45) is 5.41 Å². The van der Waals surface area contributed by atoms with Crippen LogP contribution in [0.4, 0.5) is 0 Å². The predicted molar refractivity (Wildman–Crippen MR) is 75.5 cm³/mol. The summed E-state index contributed by atoms with van der Waals surface area (Å²) in [5, 5.41) is 12.6. The molecule has 1 amide bonds. The lowest BCUT2D eigenvalue weighted by molar-refractivity contribution is -0.146. The van der Waals surface area contributed by atoms with Crippen LogP contribution in [0, 0.1) is 5.41 Å². The van der Waals surface area contributed by atoms with E-state index in [2.05, 4.69) is 10.3 Å². The first-order chi connectivity index (χ1) is 9.40. The van der Waals surface area contributed by atoms with Crippen molar-refractivity contribution in [2.75, 3.05) is 6.54 Å². The Kier molecular flexibility index (Phi) is 3.70. The van der Waals surface area contributed by atoms with E-state index in [0.29, 0.717) is 0 Å². The standard InChI is InChI=1S/C15H16N2O3/c1-15(2,14(19)20)9-16-13(18)12-8-7-10-5-3-4-6-11(10)17-12/h3-8H,9H2,1-2H3,(H,16,18)(H,19,20). The zero-order chi connectivity index (χ0) is 14.8. The van der Waals surface area contributed by atoms with E-state index in [9.17, 15) is 9.59 Å². The smallest absolute Gasteiger partial charge is 0.310 e. The molecule has 0 spiro atoms. The molecular weight excluding hydrogens is 256 g/mol. The number of amides is 1. The van der Waals surface area contributed by atoms with Gasteiger partial charge in [-0.25, -0.2) is 4.98 Å². The number of rotatable bonds is 4. The number of aliphatic carboxylic acids is 1. The second-order valence-electron chi connectivity index (χ2n) is 5.26. The molecule has 2 aromatic rings. The van der Waals surface area contributed by atoms with Crippen molar-refractivity contribution in [1.29, 1.82) is 0 Å². The number of para-hydroxylation sites is 1. The molecule has 2 rings (SSSR count). The van der Waals surface area contributed by atoms with Crippen LogP contribution in [0.3, 0.4) is 0 Å². The van der Waals surface area contributed by atoms with E-state index >= 15 is 0 Å². The van der Waals surface area contributed by atoms with Crippen LogP contribution in [-0.2, 0) is 4.79 Å². The summed E-state index contributed by atoms with van der Waals surface area (Å²) >= 11 is 0. The van der Waals surface area contributed by atoms with E-state index < -0.39 is 11.4 Å². The summed E-state index contributed by atoms with van der Waals surface area (Å²) in [7, 11) is 0. The van der Waals surface area contributed by atoms with Crippen LogP contribution in [0.15, 0.2) is 36.4 Å². The predicted octanol–water partition coefficient (Wildman–Crippen LogP) is 2.08. The Morgan fingerprint density at radius 3 is 2.60 bits per heavy atom. The third-order valence-corrected chi connectivity index (χ3v) is 3.10. The molecular formula is C15H16N2O3. The molecule has 1 aromatic heterocycles. The zero-order valence-corrected chi connectivity index (χ0v) is 11.4. The number of aromatic nitrogens is 1. The number of hydrogen-bond acceptors (Lipinski definition) is 3. The van der Waals surface area contributed by atoms with Crippen LogP contribution in [0.25, 0.3) is 10.9 Å². The Labute approximate surface area is 116 Å². The molecule has 0 atom stereocenters. The molecule has 2 N–H and O–H groups in total. The van der Waals surface area contributed by atoms with E-state index in [1.54, 1.807) is 19.9 Å². The van der Waals surface area contributed by atoms with Crippen LogP contribution >= 0.6 is 0 Å². The highest BCUT2D eigenvalue weighted by Gasteiger charge is 2.27. The van der Waals surface area contributed by atoms with Gasteiger partial charge in [-0.1, -0.05) is 24.3 Å². The minimum Gasteiger partial charge on any atom is -0.481 e. The molecule has 5 heteroatoms. The van der Waals surface area contributed by atoms with Gasteiger partial charge >= 0.3 is 5.97 Å². The minimum absolute atomic E-state index is 0.0513. The lowest BCUT2D eigenvalue weighted by atomic mass is 9.94. The van der Waals surface area contributed by atoms with Crippen molar-refractivity contribution < 1.29 is 14.7 Å². The van der Waals surface area contributed by atoms with Gasteiger partial charge in [0.25, 0.3) is 5.91 Å². The van der Waals surface area contributed by atoms with E-state index in [0.717, 1.165) is 10.9 Å². The van der Waals surface area contributed by atoms with Gasteiger partial charge in [-0.05, 0) is 26.0 Å². The van der Waals surface area contributed by atoms with Gasteiger partial charge in [0.1, 0.15) is 5.69 Å². The van der Waals surface area contributed by atoms with Crippen LogP contribution in [-0.4, -0.2) is 28.5 Å². The van der Waals surface area contributed by atoms with Gasteiger partial charge in [0.05, 0.1) is 10.9 Å². The summed E-state index contributed by atoms with van der Waals surface area (Å²) in [6.07, 6.45) is 0. The lowest BCUT2D eigenvalue weighted by Gasteiger charge is -2.19. The highest BCUT2D eigenvalue weighted by atomic mass is 16.4. The molecule has 0 aliphatic rings. The topological polar surface area (TPSA) is 79.3 Å². The van der Waals surface area contributed by atoms with Crippen molar-refractivity contribution in [1.82, 2.24) is 10.3 Å². The minimum atomic E-state index is -1.01. The molecule has 0 fully saturated rings. The molecule has 20 heavy (non-hydrogen) atoms. The maximum Gasteiger partial charge on any atom is 0.310 e. The van der Waals surface area contributed by atoms with Crippen LogP contribution in [0.1, 0.15) is 24.3 Å². The van der Waals surface area contributed by atoms with E-state index in [-0.39, 0.29) is 18.1 Å². The van der Waals surface area contributed by atoms with Gasteiger partial charge in [0.2, 0.25) is 0 Å². The summed E-state index contributed by atoms with van der Waals surface area (Å²) in [5.41, 5.74) is 0.00880. The van der Waals surface area contributed by atoms with Gasteiger partial charge in [0.15, 0.2) is 0 Å². The second-order valence-corrected chi connectivity index (χ2v) is 5.26. The number of fused-ring (bicyclic) bond motifs is 1. The number of carbonyl (C=O) groups is 2. The maximum absolute atomic E-state index is 12.0. The molecule has 104 valence electrons. The second kappa shape index (κ2) is 5.28. The number of carbonyl (C=O) groups excluding carboxylic acids is 1. The molecule has 0 radical (unpaired) electrons. The van der Waals surface area contributed by atoms with Crippen molar-refractivity contribution in [3.05, 3.63) is 42.1 Å². The number of nitrogens with one attached hydrogen (secondary N) is 1. The Morgan fingerprint density at radius 2 is 1.90 bits per heavy atom. The fourth-order valence-corrected chi connectivity index (χ4v) is 1.66. The number of nitrogens with zero attached hydrogens (tertiary/aromatic N) is 1. The van der Waals surface area contributed by atoms with Crippen molar-refractivity contribution in [3.63, 3.8) is 0 Å². The summed E-state index contributed by atoms with van der Waals surface area (Å²) in [6, 6.07) is 10.9. The van der Waals surface area contributed by atoms with Crippen molar-refractivity contribution in [2.45, 2.75) is 13.8 Å². The van der Waals surface area contributed by atoms with Gasteiger partial charge in [-0.15, -0.1) is 0 Å². The molecule has 0 aliphatic heterocycles. The van der Waals surface area contributed by atoms with Crippen molar-refractivity contribution in [3.8, 4) is 0 Å². The highest BCUT2D eigenvalue weighted by molar-refractivity contribution is 5.95. The maximum atomic E-state index is 12.0. The molecule has 5 nitrogen and oxygen atoms in total. The van der Waals surface area contributed by atoms with Crippen LogP contribution < -0.4 is 5.32 Å². The number of benzene rings is 1. The molecule has 1 heterocycles. The fraction of sp³-hybridized carbons (Fsp3) is 0.267. The lowest BCUT2D eigenvalue weighted by Crippen LogP contribution is -2.39. The van der Waals surface area contributed by atoms with E-state index in [1.165, 1.54) is 0 Å². The summed E-state index contributed by atoms with van der Waals surface area (Å²) in [4.78, 5) is 27.2. The first-order valence-corrected chi connectivity index (χ1v) is 6.27. The Hall–Kier alpha value is -2.43. The average Bonchev–Trinajstić information content (AvgIpc) is 2.44. The third-order valence-electron chi connectivity index (χ3n) is 3.10. The van der Waals surface area contributed by atoms with Crippen molar-refractivity contribution >= 4 is 22.8 Å². The molecule has 0 aliphatic carbocycles. The SMILES string of the molecule is CC(C)(CNC(=O)c1ccc2ccccc2n1)C(=O)O. The number of pyridine rings is 1. The van der Waals surface area contributed by atoms with E-state index in [4.69, 9.17) is 5.11 Å². The van der Waals surface area contributed by atoms with Crippen LogP contribution in [0.2, 0.25) is 0 Å². The summed E-state index contributed by atoms with van der Waals surface area (Å²) in [5.74, 6) is -1.32. The number of carboxylic acids is 1. The van der Waals surface area contributed by atoms with E-state index in [1.807, 2.05) is 30.3 Å². The van der Waals surface area contributed by atoms with Gasteiger partial charge in [-0.3, -0.25) is 9.59 Å². The molecule has 0 saturated heterocycles. The Morgan fingerprint density at radius 1 is 1.20 bits per heavy atom.